The number of phenolic OH excluding ortho intramolecular Hbond substituents is 1. The number of furan rings is 1. The zero-order valence-electron chi connectivity index (χ0n) is 58.4. The van der Waals surface area contributed by atoms with E-state index in [1.54, 1.807) is 18.2 Å². The first-order valence-electron chi connectivity index (χ1n) is 34.6. The summed E-state index contributed by atoms with van der Waals surface area (Å²) in [5, 5.41) is 79.5. The Bertz CT molecular complexity index is 4230. The van der Waals surface area contributed by atoms with Crippen LogP contribution in [0.4, 0.5) is 5.69 Å². The second kappa shape index (κ2) is 37.4. The van der Waals surface area contributed by atoms with E-state index in [4.69, 9.17) is 31.9 Å². The van der Waals surface area contributed by atoms with Gasteiger partial charge in [-0.15, -0.1) is 0 Å². The average Bonchev–Trinajstić information content (AvgIpc) is 1.45. The van der Waals surface area contributed by atoms with Crippen LogP contribution in [-0.4, -0.2) is 226 Å². The lowest BCUT2D eigenvalue weighted by atomic mass is 9.90. The zero-order valence-corrected chi connectivity index (χ0v) is 59.2. The third-order valence-electron chi connectivity index (χ3n) is 18.4. The van der Waals surface area contributed by atoms with E-state index in [0.29, 0.717) is 47.0 Å². The van der Waals surface area contributed by atoms with Crippen molar-refractivity contribution in [3.63, 3.8) is 0 Å². The molecule has 0 unspecified atom stereocenters. The highest BCUT2D eigenvalue weighted by Crippen LogP contribution is 2.43. The number of aliphatic carboxylic acids is 3. The van der Waals surface area contributed by atoms with E-state index >= 15 is 0 Å². The minimum atomic E-state index is -1.79. The molecule has 5 aliphatic rings. The number of primary amides is 1. The number of carboxylic acid groups (broad SMARTS) is 4. The van der Waals surface area contributed by atoms with Crippen LogP contribution in [0.3, 0.4) is 0 Å². The van der Waals surface area contributed by atoms with Gasteiger partial charge < -0.3 is 97.1 Å². The van der Waals surface area contributed by atoms with Gasteiger partial charge in [0.15, 0.2) is 10.5 Å². The summed E-state index contributed by atoms with van der Waals surface area (Å²) in [6.07, 6.45) is -0.186. The molecule has 107 heavy (non-hydrogen) atoms. The molecule has 9 atom stereocenters. The molecule has 0 spiro atoms. The summed E-state index contributed by atoms with van der Waals surface area (Å²) in [7, 11) is 0. The van der Waals surface area contributed by atoms with E-state index in [2.05, 4.69) is 42.6 Å². The first-order chi connectivity index (χ1) is 50.9. The lowest BCUT2D eigenvalue weighted by Gasteiger charge is -2.32. The van der Waals surface area contributed by atoms with Crippen LogP contribution in [0.2, 0.25) is 0 Å². The van der Waals surface area contributed by atoms with Crippen molar-refractivity contribution < 1.29 is 107 Å². The number of phenols is 1. The number of benzene rings is 3. The van der Waals surface area contributed by atoms with Gasteiger partial charge in [0.1, 0.15) is 72.0 Å². The molecule has 0 bridgehead atoms. The Morgan fingerprint density at radius 3 is 1.85 bits per heavy atom. The summed E-state index contributed by atoms with van der Waals surface area (Å²) in [6, 6.07) is 2.93. The van der Waals surface area contributed by atoms with Crippen molar-refractivity contribution in [1.29, 1.82) is 0 Å². The number of fused-ring (bicyclic) bond motifs is 2. The van der Waals surface area contributed by atoms with Crippen molar-refractivity contribution in [1.82, 2.24) is 57.0 Å². The van der Waals surface area contributed by atoms with Crippen molar-refractivity contribution in [3.05, 3.63) is 94.5 Å². The number of nitrogens with two attached hydrogens (primary N) is 1. The van der Waals surface area contributed by atoms with Gasteiger partial charge in [0, 0.05) is 98.3 Å². The number of nitrogens with one attached hydrogen (secondary N) is 8. The fraction of sp³-hybridized carbons (Fsp3) is 0.457. The number of hydrogen-bond acceptors (Lipinski definition) is 21. The van der Waals surface area contributed by atoms with E-state index in [1.807, 2.05) is 0 Å². The molecular weight excluding hydrogens is 1420 g/mol. The van der Waals surface area contributed by atoms with Crippen molar-refractivity contribution in [2.75, 3.05) is 38.0 Å². The summed E-state index contributed by atoms with van der Waals surface area (Å²) in [5.74, 6) is -14.0. The maximum absolute atomic E-state index is 14.5. The number of nitrogens with zero attached hydrogens (tertiary/aromatic N) is 4. The summed E-state index contributed by atoms with van der Waals surface area (Å²) >= 11 is 5.58. The fourth-order valence-corrected chi connectivity index (χ4v) is 13.2. The van der Waals surface area contributed by atoms with Gasteiger partial charge >= 0.3 is 23.9 Å². The first-order valence-corrected chi connectivity index (χ1v) is 35.0. The predicted molar refractivity (Wildman–Crippen MR) is 380 cm³/mol. The number of likely N-dealkylation sites (tertiary alicyclic amines) is 3. The zero-order chi connectivity index (χ0) is 77.9. The lowest BCUT2D eigenvalue weighted by molar-refractivity contribution is -0.148. The predicted octanol–water partition coefficient (Wildman–Crippen LogP) is 0.429. The molecular formula is C70H85N13O23S. The number of aromatic carboxylic acids is 1. The van der Waals surface area contributed by atoms with Crippen molar-refractivity contribution in [2.45, 2.75) is 171 Å². The molecule has 3 fully saturated rings. The quantitative estimate of drug-likeness (QED) is 0.0112. The Morgan fingerprint density at radius 2 is 1.24 bits per heavy atom. The number of amides is 10. The van der Waals surface area contributed by atoms with Gasteiger partial charge in [-0.25, -0.2) is 10.2 Å². The molecule has 2 aromatic carbocycles. The highest BCUT2D eigenvalue weighted by molar-refractivity contribution is 7.80. The van der Waals surface area contributed by atoms with E-state index in [9.17, 15) is 97.5 Å². The molecule has 0 radical (unpaired) electrons. The van der Waals surface area contributed by atoms with Gasteiger partial charge in [-0.1, -0.05) is 0 Å². The van der Waals surface area contributed by atoms with Crippen molar-refractivity contribution in [3.8, 4) is 28.2 Å². The Hall–Kier alpha value is -11.6. The first kappa shape index (κ1) is 81.1. The molecule has 36 nitrogen and oxygen atoms in total. The number of unbranched alkanes of at least 4 members (excludes halogenated alkanes) is 1. The molecule has 0 saturated carbocycles. The maximum atomic E-state index is 14.5. The Morgan fingerprint density at radius 1 is 0.645 bits per heavy atom. The Kier molecular flexibility index (Phi) is 28.3. The summed E-state index contributed by atoms with van der Waals surface area (Å²) in [6.45, 7) is 1.88. The number of aliphatic hydroxyl groups is 1. The SMILES string of the molecule is C[C@@H](NC(=O)[C@H](NC(=O)[C@H]1CCCN1C(=O)[C@@H](CCC(=O)O)NC(=O)[C@H]1CCCN1C(=O)CCCCNC(=S)Nc1ccc(C(=O)O)c(-c2c3ccc(=O)cc-3oc3cc(O)ccc23)c1)[C@@H](C)O)C(=O)N(CC(=O)N1CCC[C@@H]1C(=O)N[C@H](CCC(=O)O)C(=O)N[C@H](CCC(=O)O)C(N)=O)NCc1ccoc1. The number of thiocarbonyl (C=S) groups is 1. The molecule has 10 amide bonds. The fourth-order valence-electron chi connectivity index (χ4n) is 13.0. The van der Waals surface area contributed by atoms with Crippen LogP contribution in [0.25, 0.3) is 33.4 Å². The number of aromatic hydroxyl groups is 1. The van der Waals surface area contributed by atoms with E-state index in [-0.39, 0.29) is 116 Å². The van der Waals surface area contributed by atoms with Gasteiger partial charge in [-0.2, -0.15) is 0 Å². The van der Waals surface area contributed by atoms with Crippen LogP contribution in [0.1, 0.15) is 126 Å². The van der Waals surface area contributed by atoms with Gasteiger partial charge in [-0.05, 0) is 151 Å². The Labute approximate surface area is 615 Å². The monoisotopic (exact) mass is 1510 g/mol. The molecule has 5 heterocycles. The van der Waals surface area contributed by atoms with Crippen molar-refractivity contribution >= 4 is 117 Å². The van der Waals surface area contributed by atoms with Crippen LogP contribution in [0.15, 0.2) is 86.8 Å². The van der Waals surface area contributed by atoms with Gasteiger partial charge in [0.25, 0.3) is 5.91 Å². The third kappa shape index (κ3) is 21.8. The molecule has 574 valence electrons. The normalized spacial score (nSPS) is 17.1. The van der Waals surface area contributed by atoms with Crippen LogP contribution in [-0.2, 0) is 68.9 Å². The minimum Gasteiger partial charge on any atom is -0.508 e. The molecule has 37 heteroatoms. The van der Waals surface area contributed by atoms with Gasteiger partial charge in [-0.3, -0.25) is 72.1 Å². The Balaban J connectivity index is 0.846. The standard InChI is InChI=1S/C70H85N13O23S/c1-36(67(101)83(73-33-38-24-29-105-35-38)34-55(88)81-27-6-9-50(81)63(97)77-47(19-22-57(91)92)62(96)76-46(61(71)95)18-21-56(89)90)74-66(100)60(37(2)84)79-65(99)51-10-7-28-82(51)68(102)48(20-23-58(93)94)78-64(98)49-8-5-26-80(49)54(87)11-3-4-25-72-70(107)75-39-12-15-42(69(103)104)45(30-39)59-43-16-13-40(85)31-52(43)106-53-32-41(86)14-17-44(53)59/h12-17,24,29-32,35-37,46-51,60,73,84-85H,3-11,18-23,25-28,33-34H2,1-2H3,(H2,71,95)(H,74,100)(H,76,96)(H,77,97)(H,78,98)(H,79,99)(H,89,90)(H,91,92)(H,93,94)(H,103,104)(H2,72,75,107)/t36-,37-,46-,47-,48-,49-,50-,51-,60-/m1/s1. The lowest BCUT2D eigenvalue weighted by Crippen LogP contribution is -2.61. The number of aliphatic hydroxyl groups excluding tert-OH is 1. The van der Waals surface area contributed by atoms with E-state index in [1.165, 1.54) is 66.8 Å². The van der Waals surface area contributed by atoms with Crippen LogP contribution in [0.5, 0.6) is 5.75 Å². The third-order valence-corrected chi connectivity index (χ3v) is 18.6. The largest absolute Gasteiger partial charge is 0.508 e. The van der Waals surface area contributed by atoms with Crippen LogP contribution in [0, 0.1) is 0 Å². The maximum Gasteiger partial charge on any atom is 0.336 e. The topological polar surface area (TPSA) is 539 Å². The number of carbonyl (C=O) groups is 14. The molecule has 8 rings (SSSR count). The average molecular weight is 1510 g/mol. The molecule has 4 aliphatic heterocycles. The number of carbonyl (C=O) groups excluding carboxylic acids is 10. The number of hydrazine groups is 1. The second-order valence-corrected chi connectivity index (χ2v) is 26.5. The van der Waals surface area contributed by atoms with Gasteiger partial charge in [0.2, 0.25) is 53.2 Å². The molecule has 1 aromatic heterocycles. The number of rotatable bonds is 36. The number of hydrogen-bond donors (Lipinski definition) is 15. The van der Waals surface area contributed by atoms with E-state index < -0.39 is 177 Å². The highest BCUT2D eigenvalue weighted by atomic mass is 32.1. The van der Waals surface area contributed by atoms with Gasteiger partial charge in [0.05, 0.1) is 24.2 Å². The number of anilines is 1. The van der Waals surface area contributed by atoms with Crippen molar-refractivity contribution in [2.24, 2.45) is 5.73 Å². The minimum absolute atomic E-state index is 0.00198. The summed E-state index contributed by atoms with van der Waals surface area (Å²) < 4.78 is 11.1. The molecule has 16 N–H and O–H groups in total. The molecule has 1 aliphatic carbocycles. The van der Waals surface area contributed by atoms with Crippen LogP contribution < -0.4 is 53.8 Å². The molecule has 3 aromatic rings. The summed E-state index contributed by atoms with van der Waals surface area (Å²) in [4.78, 5) is 202. The van der Waals surface area contributed by atoms with Crippen LogP contribution >= 0.6 is 12.2 Å². The van der Waals surface area contributed by atoms with E-state index in [0.717, 1.165) is 21.7 Å². The molecule has 3 saturated heterocycles. The highest BCUT2D eigenvalue weighted by Gasteiger charge is 2.43. The summed E-state index contributed by atoms with van der Waals surface area (Å²) in [5.41, 5.74) is 9.98. The second-order valence-electron chi connectivity index (χ2n) is 26.1. The number of carboxylic acids is 4. The smallest absolute Gasteiger partial charge is 0.336 e.